The number of nitrogens with one attached hydrogen (secondary N) is 1. The van der Waals surface area contributed by atoms with Gasteiger partial charge in [-0.05, 0) is 77.5 Å². The van der Waals surface area contributed by atoms with Crippen LogP contribution in [-0.2, 0) is 11.4 Å². The van der Waals surface area contributed by atoms with Crippen LogP contribution in [0.25, 0.3) is 6.08 Å². The first kappa shape index (κ1) is 22.9. The van der Waals surface area contributed by atoms with Gasteiger partial charge in [0, 0.05) is 4.47 Å². The van der Waals surface area contributed by atoms with Gasteiger partial charge in [0.1, 0.15) is 12.4 Å². The second-order valence-electron chi connectivity index (χ2n) is 7.01. The predicted octanol–water partition coefficient (Wildman–Crippen LogP) is 5.94. The highest BCUT2D eigenvalue weighted by Crippen LogP contribution is 2.33. The van der Waals surface area contributed by atoms with Gasteiger partial charge in [0.15, 0.2) is 16.7 Å². The van der Waals surface area contributed by atoms with E-state index in [1.807, 2.05) is 66.7 Å². The number of carbonyl (C=O) groups is 1. The van der Waals surface area contributed by atoms with Gasteiger partial charge in [0.05, 0.1) is 24.8 Å². The van der Waals surface area contributed by atoms with E-state index in [1.54, 1.807) is 20.3 Å². The smallest absolute Gasteiger partial charge is 0.264 e. The Balaban J connectivity index is 1.46. The highest BCUT2D eigenvalue weighted by Gasteiger charge is 2.24. The quantitative estimate of drug-likeness (QED) is 0.387. The van der Waals surface area contributed by atoms with Crippen LogP contribution in [-0.4, -0.2) is 25.3 Å². The molecule has 0 atom stereocenters. The normalized spacial score (nSPS) is 15.5. The molecular formula is C25H21BrN2O4S. The van der Waals surface area contributed by atoms with Crippen LogP contribution in [0, 0.1) is 0 Å². The number of nitrogens with zero attached hydrogens (tertiary/aromatic N) is 1. The highest BCUT2D eigenvalue weighted by atomic mass is 79.9. The Labute approximate surface area is 204 Å². The highest BCUT2D eigenvalue weighted by molar-refractivity contribution is 9.10. The summed E-state index contributed by atoms with van der Waals surface area (Å²) >= 11 is 4.72. The first-order valence-electron chi connectivity index (χ1n) is 10.0. The third kappa shape index (κ3) is 5.97. The maximum atomic E-state index is 12.4. The van der Waals surface area contributed by atoms with Crippen LogP contribution in [0.4, 0.5) is 5.69 Å². The van der Waals surface area contributed by atoms with Crippen LogP contribution in [0.1, 0.15) is 11.1 Å². The summed E-state index contributed by atoms with van der Waals surface area (Å²) in [7, 11) is 3.20. The van der Waals surface area contributed by atoms with Gasteiger partial charge in [-0.15, -0.1) is 0 Å². The largest absolute Gasteiger partial charge is 0.497 e. The molecule has 33 heavy (non-hydrogen) atoms. The average Bonchev–Trinajstić information content (AvgIpc) is 3.17. The molecule has 8 heteroatoms. The van der Waals surface area contributed by atoms with Crippen molar-refractivity contribution in [1.82, 2.24) is 5.32 Å². The van der Waals surface area contributed by atoms with Gasteiger partial charge in [-0.2, -0.15) is 0 Å². The number of amidine groups is 1. The Morgan fingerprint density at radius 3 is 2.42 bits per heavy atom. The van der Waals surface area contributed by atoms with Crippen molar-refractivity contribution < 1.29 is 19.0 Å². The SMILES string of the molecule is COc1ccc(N=C2NC(=O)/C(=C/c3ccc(OCc4ccc(Br)cc4)c(OC)c3)S2)cc1. The molecule has 3 aromatic rings. The van der Waals surface area contributed by atoms with E-state index in [-0.39, 0.29) is 5.91 Å². The van der Waals surface area contributed by atoms with Gasteiger partial charge in [0.2, 0.25) is 0 Å². The first-order valence-corrected chi connectivity index (χ1v) is 11.6. The molecule has 1 saturated heterocycles. The monoisotopic (exact) mass is 524 g/mol. The van der Waals surface area contributed by atoms with Crippen LogP contribution < -0.4 is 19.5 Å². The van der Waals surface area contributed by atoms with E-state index < -0.39 is 0 Å². The van der Waals surface area contributed by atoms with Crippen LogP contribution in [0.2, 0.25) is 0 Å². The van der Waals surface area contributed by atoms with Gasteiger partial charge in [-0.1, -0.05) is 34.1 Å². The standard InChI is InChI=1S/C25H21BrN2O4S/c1-30-20-10-8-19(9-11-20)27-25-28-24(29)23(33-25)14-17-5-12-21(22(13-17)31-2)32-15-16-3-6-18(26)7-4-16/h3-14H,15H2,1-2H3,(H,27,28,29)/b23-14-. The number of aliphatic imine (C=N–C) groups is 1. The van der Waals surface area contributed by atoms with Crippen molar-refractivity contribution in [1.29, 1.82) is 0 Å². The molecule has 0 aromatic heterocycles. The molecule has 1 aliphatic rings. The molecule has 1 heterocycles. The lowest BCUT2D eigenvalue weighted by molar-refractivity contribution is -0.115. The Kier molecular flexibility index (Phi) is 7.36. The minimum Gasteiger partial charge on any atom is -0.497 e. The molecule has 0 spiro atoms. The zero-order valence-electron chi connectivity index (χ0n) is 18.0. The third-order valence-corrected chi connectivity index (χ3v) is 6.19. The zero-order chi connectivity index (χ0) is 23.2. The second-order valence-corrected chi connectivity index (χ2v) is 8.95. The molecule has 0 saturated carbocycles. The topological polar surface area (TPSA) is 69.2 Å². The number of halogens is 1. The van der Waals surface area contributed by atoms with Crippen molar-refractivity contribution in [2.45, 2.75) is 6.61 Å². The average molecular weight is 525 g/mol. The molecule has 6 nitrogen and oxygen atoms in total. The first-order chi connectivity index (χ1) is 16.0. The van der Waals surface area contributed by atoms with Crippen LogP contribution in [0.3, 0.4) is 0 Å². The molecule has 0 radical (unpaired) electrons. The van der Waals surface area contributed by atoms with Gasteiger partial charge in [-0.3, -0.25) is 4.79 Å². The summed E-state index contributed by atoms with van der Waals surface area (Å²) in [4.78, 5) is 17.5. The van der Waals surface area contributed by atoms with Gasteiger partial charge >= 0.3 is 0 Å². The molecule has 1 N–H and O–H groups in total. The lowest BCUT2D eigenvalue weighted by Gasteiger charge is -2.11. The third-order valence-electron chi connectivity index (χ3n) is 4.75. The summed E-state index contributed by atoms with van der Waals surface area (Å²) in [5.41, 5.74) is 2.61. The maximum absolute atomic E-state index is 12.4. The number of rotatable bonds is 7. The maximum Gasteiger partial charge on any atom is 0.264 e. The number of hydrogen-bond acceptors (Lipinski definition) is 6. The van der Waals surface area contributed by atoms with E-state index in [1.165, 1.54) is 11.8 Å². The van der Waals surface area contributed by atoms with E-state index in [2.05, 4.69) is 26.2 Å². The number of benzene rings is 3. The number of carbonyl (C=O) groups excluding carboxylic acids is 1. The molecular weight excluding hydrogens is 504 g/mol. The van der Waals surface area contributed by atoms with Crippen molar-refractivity contribution >= 4 is 50.5 Å². The molecule has 1 amide bonds. The van der Waals surface area contributed by atoms with Crippen molar-refractivity contribution in [3.63, 3.8) is 0 Å². The van der Waals surface area contributed by atoms with Gasteiger partial charge in [0.25, 0.3) is 5.91 Å². The van der Waals surface area contributed by atoms with E-state index >= 15 is 0 Å². The summed E-state index contributed by atoms with van der Waals surface area (Å²) < 4.78 is 17.6. The molecule has 0 aliphatic carbocycles. The summed E-state index contributed by atoms with van der Waals surface area (Å²) in [6.45, 7) is 0.424. The fraction of sp³-hybridized carbons (Fsp3) is 0.120. The molecule has 3 aromatic carbocycles. The Hall–Kier alpha value is -3.23. The fourth-order valence-corrected chi connectivity index (χ4v) is 4.15. The van der Waals surface area contributed by atoms with E-state index in [4.69, 9.17) is 14.2 Å². The number of thioether (sulfide) groups is 1. The number of hydrogen-bond donors (Lipinski definition) is 1. The van der Waals surface area contributed by atoms with Crippen molar-refractivity contribution in [2.75, 3.05) is 14.2 Å². The van der Waals surface area contributed by atoms with Crippen LogP contribution in [0.5, 0.6) is 17.2 Å². The fourth-order valence-electron chi connectivity index (χ4n) is 3.04. The van der Waals surface area contributed by atoms with Crippen molar-refractivity contribution in [3.05, 3.63) is 87.2 Å². The summed E-state index contributed by atoms with van der Waals surface area (Å²) in [5, 5.41) is 3.32. The van der Waals surface area contributed by atoms with Gasteiger partial charge < -0.3 is 19.5 Å². The zero-order valence-corrected chi connectivity index (χ0v) is 20.4. The van der Waals surface area contributed by atoms with E-state index in [0.29, 0.717) is 28.2 Å². The lowest BCUT2D eigenvalue weighted by Crippen LogP contribution is -2.19. The molecule has 0 unspecified atom stereocenters. The minimum atomic E-state index is -0.193. The Bertz CT molecular complexity index is 1210. The molecule has 0 bridgehead atoms. The molecule has 1 fully saturated rings. The second kappa shape index (κ2) is 10.6. The summed E-state index contributed by atoms with van der Waals surface area (Å²) in [6.07, 6.45) is 1.80. The van der Waals surface area contributed by atoms with E-state index in [9.17, 15) is 4.79 Å². The molecule has 1 aliphatic heterocycles. The number of methoxy groups -OCH3 is 2. The summed E-state index contributed by atoms with van der Waals surface area (Å²) in [6, 6.07) is 20.8. The van der Waals surface area contributed by atoms with E-state index in [0.717, 1.165) is 27.0 Å². The molecule has 168 valence electrons. The number of ether oxygens (including phenoxy) is 3. The lowest BCUT2D eigenvalue weighted by atomic mass is 10.2. The van der Waals surface area contributed by atoms with Crippen LogP contribution in [0.15, 0.2) is 81.1 Å². The van der Waals surface area contributed by atoms with Gasteiger partial charge in [-0.25, -0.2) is 4.99 Å². The minimum absolute atomic E-state index is 0.193. The van der Waals surface area contributed by atoms with Crippen molar-refractivity contribution in [3.8, 4) is 17.2 Å². The van der Waals surface area contributed by atoms with Crippen molar-refractivity contribution in [2.24, 2.45) is 4.99 Å². The predicted molar refractivity (Wildman–Crippen MR) is 135 cm³/mol. The van der Waals surface area contributed by atoms with Crippen LogP contribution >= 0.6 is 27.7 Å². The Morgan fingerprint density at radius 2 is 1.73 bits per heavy atom. The Morgan fingerprint density at radius 1 is 0.970 bits per heavy atom. The molecule has 4 rings (SSSR count). The summed E-state index contributed by atoms with van der Waals surface area (Å²) in [5.74, 6) is 1.78. The number of amides is 1.